The maximum atomic E-state index is 8.56. The molecule has 0 heterocycles. The fourth-order valence-electron chi connectivity index (χ4n) is 0. The van der Waals surface area contributed by atoms with Crippen LogP contribution < -0.4 is 0 Å². The molecule has 0 saturated heterocycles. The van der Waals surface area contributed by atoms with Gasteiger partial charge in [0.2, 0.25) is 0 Å². The van der Waals surface area contributed by atoms with Gasteiger partial charge >= 0.3 is 132 Å². The summed E-state index contributed by atoms with van der Waals surface area (Å²) in [5, 5.41) is 97.6. The Labute approximate surface area is 234 Å². The summed E-state index contributed by atoms with van der Waals surface area (Å²) in [6.07, 6.45) is -12.8. The SMILES string of the molecule is O=C(O)O.O=C(O)O.O=C(O)O.O=C(O)O.O=C(O)O.O=C(O)O.O=C(O)O.[NaH].[NaH].[NaH]. The summed E-state index contributed by atoms with van der Waals surface area (Å²) in [5.74, 6) is 0. The van der Waals surface area contributed by atoms with Crippen molar-refractivity contribution in [2.75, 3.05) is 0 Å². The fraction of sp³-hybridized carbons (Fsp3) is 0. The van der Waals surface area contributed by atoms with Crippen LogP contribution in [0.1, 0.15) is 0 Å². The zero-order valence-corrected chi connectivity index (χ0v) is 12.6. The van der Waals surface area contributed by atoms with Gasteiger partial charge in [0.15, 0.2) is 0 Å². The summed E-state index contributed by atoms with van der Waals surface area (Å²) >= 11 is 0. The second kappa shape index (κ2) is 56.5. The van der Waals surface area contributed by atoms with Crippen molar-refractivity contribution in [3.8, 4) is 0 Å². The van der Waals surface area contributed by atoms with Gasteiger partial charge < -0.3 is 71.5 Å². The first-order valence-electron chi connectivity index (χ1n) is 4.56. The van der Waals surface area contributed by atoms with E-state index in [-0.39, 0.29) is 88.7 Å². The van der Waals surface area contributed by atoms with Gasteiger partial charge in [0.05, 0.1) is 0 Å². The molecule has 0 amide bonds. The van der Waals surface area contributed by atoms with Gasteiger partial charge in [0.25, 0.3) is 0 Å². The second-order valence-electron chi connectivity index (χ2n) is 1.98. The Bertz CT molecular complexity index is 316. The maximum absolute atomic E-state index is 8.56. The second-order valence-corrected chi connectivity index (χ2v) is 1.98. The number of carboxylic acid groups (broad SMARTS) is 14. The van der Waals surface area contributed by atoms with E-state index < -0.39 is 43.1 Å². The normalized spacial score (nSPS) is 5.42. The Morgan fingerprint density at radius 3 is 0.226 bits per heavy atom. The van der Waals surface area contributed by atoms with Gasteiger partial charge in [-0.25, -0.2) is 33.6 Å². The first-order chi connectivity index (χ1) is 12.1. The van der Waals surface area contributed by atoms with Gasteiger partial charge in [-0.05, 0) is 0 Å². The summed E-state index contributed by atoms with van der Waals surface area (Å²) in [7, 11) is 0. The molecule has 0 saturated carbocycles. The molecule has 31 heavy (non-hydrogen) atoms. The number of carbonyl (C=O) groups is 7. The molecule has 0 aromatic rings. The first kappa shape index (κ1) is 63.0. The van der Waals surface area contributed by atoms with Gasteiger partial charge in [-0.2, -0.15) is 0 Å². The zero-order chi connectivity index (χ0) is 25.0. The van der Waals surface area contributed by atoms with Crippen LogP contribution in [0.4, 0.5) is 33.6 Å². The topological polar surface area (TPSA) is 403 Å². The molecule has 0 aromatic heterocycles. The molecule has 0 aliphatic carbocycles. The monoisotopic (exact) mass is 506 g/mol. The van der Waals surface area contributed by atoms with Gasteiger partial charge in [-0.3, -0.25) is 0 Å². The van der Waals surface area contributed by atoms with Gasteiger partial charge in [-0.1, -0.05) is 0 Å². The van der Waals surface area contributed by atoms with Crippen LogP contribution in [0.15, 0.2) is 0 Å². The average Bonchev–Trinajstić information content (AvgIpc) is 2.20. The van der Waals surface area contributed by atoms with E-state index in [1.54, 1.807) is 0 Å². The van der Waals surface area contributed by atoms with Gasteiger partial charge in [-0.15, -0.1) is 0 Å². The summed E-state index contributed by atoms with van der Waals surface area (Å²) in [6.45, 7) is 0. The molecule has 0 atom stereocenters. The van der Waals surface area contributed by atoms with Crippen molar-refractivity contribution in [1.82, 2.24) is 0 Å². The molecular formula is C7H17Na3O21. The summed E-state index contributed by atoms with van der Waals surface area (Å²) in [4.78, 5) is 59.9. The number of hydrogen-bond donors (Lipinski definition) is 14. The Kier molecular flexibility index (Phi) is 115. The molecule has 14 N–H and O–H groups in total. The molecule has 21 nitrogen and oxygen atoms in total. The molecule has 0 rings (SSSR count). The Morgan fingerprint density at radius 1 is 0.226 bits per heavy atom. The summed E-state index contributed by atoms with van der Waals surface area (Å²) in [6, 6.07) is 0. The van der Waals surface area contributed by atoms with Crippen LogP contribution in [0, 0.1) is 0 Å². The van der Waals surface area contributed by atoms with Crippen molar-refractivity contribution in [2.45, 2.75) is 0 Å². The Morgan fingerprint density at radius 2 is 0.226 bits per heavy atom. The molecule has 0 spiro atoms. The molecule has 0 aliphatic rings. The number of rotatable bonds is 0. The summed E-state index contributed by atoms with van der Waals surface area (Å²) < 4.78 is 0. The van der Waals surface area contributed by atoms with E-state index in [0.29, 0.717) is 0 Å². The van der Waals surface area contributed by atoms with E-state index in [9.17, 15) is 0 Å². The van der Waals surface area contributed by atoms with Crippen LogP contribution in [0.5, 0.6) is 0 Å². The van der Waals surface area contributed by atoms with Gasteiger partial charge in [0.1, 0.15) is 0 Å². The van der Waals surface area contributed by atoms with Crippen molar-refractivity contribution in [3.63, 3.8) is 0 Å². The van der Waals surface area contributed by atoms with E-state index in [0.717, 1.165) is 0 Å². The van der Waals surface area contributed by atoms with Gasteiger partial charge in [0, 0.05) is 0 Å². The third-order valence-electron chi connectivity index (χ3n) is 0. The zero-order valence-electron chi connectivity index (χ0n) is 12.6. The third-order valence-corrected chi connectivity index (χ3v) is 0. The van der Waals surface area contributed by atoms with Crippen molar-refractivity contribution < 1.29 is 105 Å². The molecular weight excluding hydrogens is 489 g/mol. The quantitative estimate of drug-likeness (QED) is 0.186. The predicted octanol–water partition coefficient (Wildman–Crippen LogP) is -0.389. The first-order valence-corrected chi connectivity index (χ1v) is 4.56. The molecule has 174 valence electrons. The van der Waals surface area contributed by atoms with Crippen molar-refractivity contribution >= 4 is 132 Å². The average molecular weight is 506 g/mol. The van der Waals surface area contributed by atoms with Crippen LogP contribution >= 0.6 is 0 Å². The van der Waals surface area contributed by atoms with E-state index in [1.807, 2.05) is 0 Å². The standard InChI is InChI=1S/7CH2O3.3Na.3H/c7*2-1(3)4;;;;;;/h7*(H2,2,3,4);;;;;;. The Balaban J connectivity index is -0.0000000204. The molecule has 24 heteroatoms. The van der Waals surface area contributed by atoms with Crippen molar-refractivity contribution in [1.29, 1.82) is 0 Å². The molecule has 0 aliphatic heterocycles. The number of hydrogen-bond acceptors (Lipinski definition) is 7. The predicted molar refractivity (Wildman–Crippen MR) is 96.0 cm³/mol. The van der Waals surface area contributed by atoms with Crippen LogP contribution in [0.2, 0.25) is 0 Å². The fourth-order valence-corrected chi connectivity index (χ4v) is 0. The molecule has 0 fully saturated rings. The van der Waals surface area contributed by atoms with E-state index in [1.165, 1.54) is 0 Å². The van der Waals surface area contributed by atoms with E-state index >= 15 is 0 Å². The van der Waals surface area contributed by atoms with Crippen LogP contribution in [-0.2, 0) is 0 Å². The van der Waals surface area contributed by atoms with E-state index in [4.69, 9.17) is 105 Å². The van der Waals surface area contributed by atoms with Crippen LogP contribution in [0.3, 0.4) is 0 Å². The van der Waals surface area contributed by atoms with Crippen molar-refractivity contribution in [2.24, 2.45) is 0 Å². The third kappa shape index (κ3) is 4200. The van der Waals surface area contributed by atoms with Crippen LogP contribution in [-0.4, -0.2) is 203 Å². The minimum atomic E-state index is -1.83. The van der Waals surface area contributed by atoms with Crippen molar-refractivity contribution in [3.05, 3.63) is 0 Å². The molecule has 0 aromatic carbocycles. The minimum absolute atomic E-state index is 0. The Hall–Kier alpha value is -2.11. The molecule has 0 bridgehead atoms. The molecule has 0 unspecified atom stereocenters. The summed E-state index contributed by atoms with van der Waals surface area (Å²) in [5.41, 5.74) is 0. The molecule has 0 radical (unpaired) electrons. The van der Waals surface area contributed by atoms with Crippen LogP contribution in [0.25, 0.3) is 0 Å². The van der Waals surface area contributed by atoms with E-state index in [2.05, 4.69) is 0 Å².